The van der Waals surface area contributed by atoms with E-state index in [1.165, 1.54) is 0 Å². The van der Waals surface area contributed by atoms with Crippen LogP contribution in [-0.4, -0.2) is 11.2 Å². The normalized spacial score (nSPS) is 12.1. The number of hydrogen-bond donors (Lipinski definition) is 1. The zero-order chi connectivity index (χ0) is 10.6. The van der Waals surface area contributed by atoms with E-state index in [1.807, 2.05) is 45.0 Å². The van der Waals surface area contributed by atoms with Crippen molar-refractivity contribution in [3.05, 3.63) is 29.8 Å². The number of hydrogen-bond acceptors (Lipinski definition) is 2. The van der Waals surface area contributed by atoms with Gasteiger partial charge in [-0.2, -0.15) is 0 Å². The van der Waals surface area contributed by atoms with Gasteiger partial charge in [0.05, 0.1) is 12.2 Å². The summed E-state index contributed by atoms with van der Waals surface area (Å²) in [5, 5.41) is 9.56. The first-order valence-electron chi connectivity index (χ1n) is 5.08. The fraction of sp³-hybridized carbons (Fsp3) is 0.500. The molecular formula is C12H18CuO2. The average molecular weight is 258 g/mol. The fourth-order valence-corrected chi connectivity index (χ4v) is 1.28. The summed E-state index contributed by atoms with van der Waals surface area (Å²) in [6.45, 7) is 5.95. The van der Waals surface area contributed by atoms with Crippen LogP contribution in [0.5, 0.6) is 5.75 Å². The number of rotatable bonds is 4. The summed E-state index contributed by atoms with van der Waals surface area (Å²) in [4.78, 5) is 0. The molecule has 0 fully saturated rings. The second kappa shape index (κ2) is 6.89. The summed E-state index contributed by atoms with van der Waals surface area (Å²) >= 11 is 0. The third kappa shape index (κ3) is 4.69. The van der Waals surface area contributed by atoms with Crippen LogP contribution >= 0.6 is 0 Å². The topological polar surface area (TPSA) is 29.5 Å². The zero-order valence-electron chi connectivity index (χ0n) is 9.33. The molecule has 3 heteroatoms. The minimum absolute atomic E-state index is 0. The van der Waals surface area contributed by atoms with Gasteiger partial charge in [-0.1, -0.05) is 19.1 Å². The molecule has 0 amide bonds. The standard InChI is InChI=1S/C12H18O2.Cu/c1-4-12(13)10-5-7-11(8-6-10)14-9(2)3;/h5-9,12-13H,4H2,1-3H3;. The molecule has 1 atom stereocenters. The third-order valence-corrected chi connectivity index (χ3v) is 2.02. The first kappa shape index (κ1) is 14.5. The van der Waals surface area contributed by atoms with Gasteiger partial charge in [0.25, 0.3) is 0 Å². The Morgan fingerprint density at radius 2 is 1.73 bits per heavy atom. The molecule has 0 saturated heterocycles. The van der Waals surface area contributed by atoms with Crippen LogP contribution < -0.4 is 4.74 Å². The van der Waals surface area contributed by atoms with Crippen LogP contribution in [0.4, 0.5) is 0 Å². The predicted octanol–water partition coefficient (Wildman–Crippen LogP) is 2.91. The summed E-state index contributed by atoms with van der Waals surface area (Å²) < 4.78 is 5.50. The van der Waals surface area contributed by atoms with Crippen LogP contribution in [0.2, 0.25) is 0 Å². The van der Waals surface area contributed by atoms with Crippen molar-refractivity contribution < 1.29 is 26.9 Å². The molecule has 89 valence electrons. The Labute approximate surface area is 102 Å². The maximum Gasteiger partial charge on any atom is 0.119 e. The number of aliphatic hydroxyl groups excluding tert-OH is 1. The molecule has 1 radical (unpaired) electrons. The van der Waals surface area contributed by atoms with Crippen molar-refractivity contribution in [2.24, 2.45) is 0 Å². The monoisotopic (exact) mass is 257 g/mol. The Hall–Kier alpha value is -0.501. The van der Waals surface area contributed by atoms with E-state index in [2.05, 4.69) is 0 Å². The number of aliphatic hydroxyl groups is 1. The zero-order valence-corrected chi connectivity index (χ0v) is 10.3. The van der Waals surface area contributed by atoms with Gasteiger partial charge in [0.1, 0.15) is 5.75 Å². The Balaban J connectivity index is 0.00000196. The molecule has 0 spiro atoms. The van der Waals surface area contributed by atoms with E-state index in [9.17, 15) is 5.11 Å². The smallest absolute Gasteiger partial charge is 0.119 e. The van der Waals surface area contributed by atoms with E-state index in [0.717, 1.165) is 17.7 Å². The van der Waals surface area contributed by atoms with E-state index >= 15 is 0 Å². The van der Waals surface area contributed by atoms with Crippen LogP contribution in [0, 0.1) is 0 Å². The average Bonchev–Trinajstić information content (AvgIpc) is 2.17. The molecule has 2 nitrogen and oxygen atoms in total. The van der Waals surface area contributed by atoms with Crippen LogP contribution in [0.3, 0.4) is 0 Å². The van der Waals surface area contributed by atoms with E-state index in [1.54, 1.807) is 0 Å². The quantitative estimate of drug-likeness (QED) is 0.841. The van der Waals surface area contributed by atoms with Gasteiger partial charge in [-0.25, -0.2) is 0 Å². The molecule has 0 aliphatic rings. The molecule has 1 unspecified atom stereocenters. The van der Waals surface area contributed by atoms with Crippen LogP contribution in [0.1, 0.15) is 38.9 Å². The van der Waals surface area contributed by atoms with E-state index in [4.69, 9.17) is 4.74 Å². The second-order valence-corrected chi connectivity index (χ2v) is 3.66. The molecule has 0 saturated carbocycles. The van der Waals surface area contributed by atoms with Crippen LogP contribution in [-0.2, 0) is 17.1 Å². The molecule has 0 bridgehead atoms. The molecule has 1 rings (SSSR count). The van der Waals surface area contributed by atoms with Crippen molar-refractivity contribution in [1.82, 2.24) is 0 Å². The van der Waals surface area contributed by atoms with Gasteiger partial charge in [0.15, 0.2) is 0 Å². The molecule has 1 aromatic carbocycles. The van der Waals surface area contributed by atoms with Crippen LogP contribution in [0.25, 0.3) is 0 Å². The fourth-order valence-electron chi connectivity index (χ4n) is 1.28. The molecule has 0 heterocycles. The number of ether oxygens (including phenoxy) is 1. The summed E-state index contributed by atoms with van der Waals surface area (Å²) in [5.74, 6) is 0.854. The maximum atomic E-state index is 9.56. The van der Waals surface area contributed by atoms with Crippen molar-refractivity contribution >= 4 is 0 Å². The van der Waals surface area contributed by atoms with Gasteiger partial charge in [-0.15, -0.1) is 0 Å². The van der Waals surface area contributed by atoms with Crippen molar-refractivity contribution in [3.63, 3.8) is 0 Å². The summed E-state index contributed by atoms with van der Waals surface area (Å²) in [5.41, 5.74) is 0.948. The van der Waals surface area contributed by atoms with Crippen molar-refractivity contribution in [3.8, 4) is 5.75 Å². The van der Waals surface area contributed by atoms with E-state index in [0.29, 0.717) is 0 Å². The molecule has 0 aromatic heterocycles. The molecule has 1 aromatic rings. The van der Waals surface area contributed by atoms with Crippen LogP contribution in [0.15, 0.2) is 24.3 Å². The molecule has 1 N–H and O–H groups in total. The van der Waals surface area contributed by atoms with E-state index < -0.39 is 0 Å². The first-order chi connectivity index (χ1) is 6.63. The Morgan fingerprint density at radius 1 is 1.20 bits per heavy atom. The molecular weight excluding hydrogens is 240 g/mol. The molecule has 15 heavy (non-hydrogen) atoms. The van der Waals surface area contributed by atoms with Gasteiger partial charge < -0.3 is 9.84 Å². The van der Waals surface area contributed by atoms with Gasteiger partial charge in [0.2, 0.25) is 0 Å². The first-order valence-corrected chi connectivity index (χ1v) is 5.08. The summed E-state index contributed by atoms with van der Waals surface area (Å²) in [7, 11) is 0. The maximum absolute atomic E-state index is 9.56. The van der Waals surface area contributed by atoms with Gasteiger partial charge in [-0.05, 0) is 38.0 Å². The third-order valence-electron chi connectivity index (χ3n) is 2.02. The SMILES string of the molecule is CCC(O)c1ccc(OC(C)C)cc1.[Cu]. The molecule has 0 aliphatic heterocycles. The Bertz CT molecular complexity index is 269. The van der Waals surface area contributed by atoms with Crippen molar-refractivity contribution in [2.75, 3.05) is 0 Å². The number of benzene rings is 1. The van der Waals surface area contributed by atoms with Crippen molar-refractivity contribution in [2.45, 2.75) is 39.4 Å². The Kier molecular flexibility index (Phi) is 6.66. The van der Waals surface area contributed by atoms with Gasteiger partial charge >= 0.3 is 0 Å². The second-order valence-electron chi connectivity index (χ2n) is 3.66. The Morgan fingerprint density at radius 3 is 2.13 bits per heavy atom. The van der Waals surface area contributed by atoms with Gasteiger partial charge in [0, 0.05) is 17.1 Å². The minimum atomic E-state index is -0.358. The largest absolute Gasteiger partial charge is 0.491 e. The predicted molar refractivity (Wildman–Crippen MR) is 57.5 cm³/mol. The van der Waals surface area contributed by atoms with E-state index in [-0.39, 0.29) is 29.3 Å². The van der Waals surface area contributed by atoms with Gasteiger partial charge in [-0.3, -0.25) is 0 Å². The summed E-state index contributed by atoms with van der Waals surface area (Å²) in [6.07, 6.45) is 0.574. The van der Waals surface area contributed by atoms with Crippen molar-refractivity contribution in [1.29, 1.82) is 0 Å². The molecule has 0 aliphatic carbocycles. The minimum Gasteiger partial charge on any atom is -0.491 e. The summed E-state index contributed by atoms with van der Waals surface area (Å²) in [6, 6.07) is 7.61.